The first kappa shape index (κ1) is 24.4. The number of carbonyl (C=O) groups excluding carboxylic acids is 2. The zero-order valence-electron chi connectivity index (χ0n) is 18.6. The van der Waals surface area contributed by atoms with Crippen molar-refractivity contribution in [3.63, 3.8) is 0 Å². The molecule has 2 aromatic rings. The molecule has 0 unspecified atom stereocenters. The van der Waals surface area contributed by atoms with Gasteiger partial charge in [0.05, 0.1) is 0 Å². The summed E-state index contributed by atoms with van der Waals surface area (Å²) in [5.41, 5.74) is 1.77. The third-order valence-electron chi connectivity index (χ3n) is 5.80. The summed E-state index contributed by atoms with van der Waals surface area (Å²) in [6.07, 6.45) is 4.69. The van der Waals surface area contributed by atoms with E-state index < -0.39 is 6.04 Å². The zero-order valence-corrected chi connectivity index (χ0v) is 20.1. The maximum atomic E-state index is 13.3. The molecule has 2 amide bonds. The monoisotopic (exact) mass is 476 g/mol. The maximum absolute atomic E-state index is 13.3. The summed E-state index contributed by atoms with van der Waals surface area (Å²) in [4.78, 5) is 28.0. The van der Waals surface area contributed by atoms with Gasteiger partial charge in [0.15, 0.2) is 6.61 Å². The van der Waals surface area contributed by atoms with E-state index in [4.69, 9.17) is 27.9 Å². The summed E-state index contributed by atoms with van der Waals surface area (Å²) in [6.45, 7) is 3.90. The minimum atomic E-state index is -0.615. The lowest BCUT2D eigenvalue weighted by Crippen LogP contribution is -2.52. The molecule has 172 valence electrons. The van der Waals surface area contributed by atoms with Crippen LogP contribution in [0.25, 0.3) is 0 Å². The van der Waals surface area contributed by atoms with Crippen molar-refractivity contribution in [3.05, 3.63) is 63.6 Å². The van der Waals surface area contributed by atoms with Gasteiger partial charge in [-0.2, -0.15) is 0 Å². The van der Waals surface area contributed by atoms with Crippen LogP contribution in [0.4, 0.5) is 0 Å². The molecule has 1 saturated carbocycles. The van der Waals surface area contributed by atoms with Gasteiger partial charge in [0.1, 0.15) is 11.8 Å². The van der Waals surface area contributed by atoms with E-state index in [-0.39, 0.29) is 31.0 Å². The standard InChI is InChI=1S/C25H30Cl2N2O3/c1-3-23(25(31)28-20-8-4-5-9-20)29(15-18-11-12-19(26)14-22(18)27)24(30)16-32-21-10-6-7-17(2)13-21/h6-7,10-14,20,23H,3-5,8-9,15-16H2,1-2H3,(H,28,31)/t23-/m0/s1. The molecule has 0 spiro atoms. The predicted molar refractivity (Wildman–Crippen MR) is 128 cm³/mol. The lowest BCUT2D eigenvalue weighted by atomic mass is 10.1. The molecular weight excluding hydrogens is 447 g/mol. The topological polar surface area (TPSA) is 58.6 Å². The number of nitrogens with one attached hydrogen (secondary N) is 1. The van der Waals surface area contributed by atoms with Crippen LogP contribution in [0.2, 0.25) is 10.0 Å². The van der Waals surface area contributed by atoms with Crippen LogP contribution in [-0.4, -0.2) is 35.4 Å². The van der Waals surface area contributed by atoms with E-state index in [0.717, 1.165) is 36.8 Å². The van der Waals surface area contributed by atoms with Crippen LogP contribution in [0.5, 0.6) is 5.75 Å². The van der Waals surface area contributed by atoms with Crippen LogP contribution in [0.15, 0.2) is 42.5 Å². The fraction of sp³-hybridized carbons (Fsp3) is 0.440. The Morgan fingerprint density at radius 1 is 1.16 bits per heavy atom. The maximum Gasteiger partial charge on any atom is 0.261 e. The Labute approximate surface area is 200 Å². The highest BCUT2D eigenvalue weighted by Crippen LogP contribution is 2.24. The molecule has 5 nitrogen and oxygen atoms in total. The molecule has 1 atom stereocenters. The molecule has 0 bridgehead atoms. The lowest BCUT2D eigenvalue weighted by Gasteiger charge is -2.31. The van der Waals surface area contributed by atoms with E-state index in [1.165, 1.54) is 0 Å². The molecule has 32 heavy (non-hydrogen) atoms. The first-order valence-corrected chi connectivity index (χ1v) is 11.9. The van der Waals surface area contributed by atoms with E-state index in [2.05, 4.69) is 5.32 Å². The Morgan fingerprint density at radius 2 is 1.91 bits per heavy atom. The second-order valence-corrected chi connectivity index (χ2v) is 9.12. The lowest BCUT2D eigenvalue weighted by molar-refractivity contribution is -0.143. The average molecular weight is 477 g/mol. The minimum Gasteiger partial charge on any atom is -0.484 e. The summed E-state index contributed by atoms with van der Waals surface area (Å²) in [7, 11) is 0. The van der Waals surface area contributed by atoms with Gasteiger partial charge >= 0.3 is 0 Å². The predicted octanol–water partition coefficient (Wildman–Crippen LogP) is 5.55. The van der Waals surface area contributed by atoms with Gasteiger partial charge in [0.2, 0.25) is 5.91 Å². The normalized spacial score (nSPS) is 14.8. The molecule has 0 saturated heterocycles. The molecule has 1 aliphatic rings. The van der Waals surface area contributed by atoms with E-state index in [9.17, 15) is 9.59 Å². The molecule has 1 N–H and O–H groups in total. The van der Waals surface area contributed by atoms with E-state index >= 15 is 0 Å². The second kappa shape index (κ2) is 11.6. The van der Waals surface area contributed by atoms with Crippen LogP contribution in [0, 0.1) is 6.92 Å². The van der Waals surface area contributed by atoms with Crippen molar-refractivity contribution < 1.29 is 14.3 Å². The fourth-order valence-electron chi connectivity index (χ4n) is 4.05. The third-order valence-corrected chi connectivity index (χ3v) is 6.38. The minimum absolute atomic E-state index is 0.131. The van der Waals surface area contributed by atoms with Crippen molar-refractivity contribution in [3.8, 4) is 5.75 Å². The molecule has 1 fully saturated rings. The van der Waals surface area contributed by atoms with E-state index in [1.54, 1.807) is 23.1 Å². The Balaban J connectivity index is 1.79. The van der Waals surface area contributed by atoms with Crippen molar-refractivity contribution in [2.45, 2.75) is 64.6 Å². The molecule has 0 heterocycles. The highest BCUT2D eigenvalue weighted by molar-refractivity contribution is 6.35. The van der Waals surface area contributed by atoms with Gasteiger partial charge < -0.3 is 15.0 Å². The number of rotatable bonds is 9. The van der Waals surface area contributed by atoms with Gasteiger partial charge in [-0.05, 0) is 61.6 Å². The van der Waals surface area contributed by atoms with Crippen LogP contribution >= 0.6 is 23.2 Å². The molecule has 7 heteroatoms. The molecular formula is C25H30Cl2N2O3. The zero-order chi connectivity index (χ0) is 23.1. The molecule has 1 aliphatic carbocycles. The number of benzene rings is 2. The molecule has 0 radical (unpaired) electrons. The van der Waals surface area contributed by atoms with Gasteiger partial charge in [-0.15, -0.1) is 0 Å². The van der Waals surface area contributed by atoms with Gasteiger partial charge in [0, 0.05) is 22.6 Å². The van der Waals surface area contributed by atoms with Gasteiger partial charge in [-0.25, -0.2) is 0 Å². The summed E-state index contributed by atoms with van der Waals surface area (Å²) >= 11 is 12.4. The molecule has 2 aromatic carbocycles. The van der Waals surface area contributed by atoms with E-state index in [0.29, 0.717) is 22.2 Å². The largest absolute Gasteiger partial charge is 0.484 e. The van der Waals surface area contributed by atoms with Gasteiger partial charge in [0.25, 0.3) is 5.91 Å². The van der Waals surface area contributed by atoms with E-state index in [1.807, 2.05) is 38.1 Å². The van der Waals surface area contributed by atoms with Crippen molar-refractivity contribution in [1.82, 2.24) is 10.2 Å². The van der Waals surface area contributed by atoms with Crippen molar-refractivity contribution in [1.29, 1.82) is 0 Å². The van der Waals surface area contributed by atoms with Crippen LogP contribution in [-0.2, 0) is 16.1 Å². The summed E-state index contributed by atoms with van der Waals surface area (Å²) in [6, 6.07) is 12.2. The second-order valence-electron chi connectivity index (χ2n) is 8.28. The summed E-state index contributed by atoms with van der Waals surface area (Å²) < 4.78 is 5.75. The summed E-state index contributed by atoms with van der Waals surface area (Å²) in [5, 5.41) is 4.11. The first-order valence-electron chi connectivity index (χ1n) is 11.1. The number of carbonyl (C=O) groups is 2. The summed E-state index contributed by atoms with van der Waals surface area (Å²) in [5.74, 6) is 0.214. The highest BCUT2D eigenvalue weighted by atomic mass is 35.5. The number of amides is 2. The van der Waals surface area contributed by atoms with Crippen LogP contribution in [0.1, 0.15) is 50.2 Å². The number of ether oxygens (including phenoxy) is 1. The number of halogens is 2. The Bertz CT molecular complexity index is 945. The van der Waals surface area contributed by atoms with Crippen LogP contribution in [0.3, 0.4) is 0 Å². The molecule has 0 aliphatic heterocycles. The Morgan fingerprint density at radius 3 is 2.56 bits per heavy atom. The average Bonchev–Trinajstić information content (AvgIpc) is 3.26. The number of hydrogen-bond acceptors (Lipinski definition) is 3. The number of nitrogens with zero attached hydrogens (tertiary/aromatic N) is 1. The first-order chi connectivity index (χ1) is 15.4. The Kier molecular flexibility index (Phi) is 8.83. The van der Waals surface area contributed by atoms with Gasteiger partial charge in [-0.3, -0.25) is 9.59 Å². The van der Waals surface area contributed by atoms with Gasteiger partial charge in [-0.1, -0.05) is 61.2 Å². The number of hydrogen-bond donors (Lipinski definition) is 1. The third kappa shape index (κ3) is 6.63. The molecule has 0 aromatic heterocycles. The SMILES string of the molecule is CC[C@@H](C(=O)NC1CCCC1)N(Cc1ccc(Cl)cc1Cl)C(=O)COc1cccc(C)c1. The Hall–Kier alpha value is -2.24. The van der Waals surface area contributed by atoms with Crippen molar-refractivity contribution >= 4 is 35.0 Å². The van der Waals surface area contributed by atoms with Crippen molar-refractivity contribution in [2.75, 3.05) is 6.61 Å². The molecule has 3 rings (SSSR count). The van der Waals surface area contributed by atoms with Crippen LogP contribution < -0.4 is 10.1 Å². The number of aryl methyl sites for hydroxylation is 1. The highest BCUT2D eigenvalue weighted by Gasteiger charge is 2.31. The quantitative estimate of drug-likeness (QED) is 0.516. The van der Waals surface area contributed by atoms with Crippen molar-refractivity contribution in [2.24, 2.45) is 0 Å². The smallest absolute Gasteiger partial charge is 0.261 e. The fourth-order valence-corrected chi connectivity index (χ4v) is 4.52.